The van der Waals surface area contributed by atoms with E-state index in [2.05, 4.69) is 401 Å². The molecule has 14 rings (SSSR count). The number of hydrogen-bond donors (Lipinski definition) is 0. The van der Waals surface area contributed by atoms with Gasteiger partial charge in [-0.1, -0.05) is 313 Å². The molecule has 0 N–H and O–H groups in total. The van der Waals surface area contributed by atoms with E-state index in [0.717, 1.165) is 110 Å². The number of fused-ring (bicyclic) bond motifs is 7. The lowest BCUT2D eigenvalue weighted by molar-refractivity contribution is 0.202. The van der Waals surface area contributed by atoms with Crippen LogP contribution in [-0.2, 0) is 83.7 Å². The summed E-state index contributed by atoms with van der Waals surface area (Å²) < 4.78 is 0. The number of pyridine rings is 4. The lowest BCUT2D eigenvalue weighted by Gasteiger charge is -2.31. The van der Waals surface area contributed by atoms with Gasteiger partial charge in [-0.25, -0.2) is 0 Å². The van der Waals surface area contributed by atoms with E-state index in [1.807, 2.05) is 43.0 Å². The Morgan fingerprint density at radius 2 is 0.504 bits per heavy atom. The Morgan fingerprint density at radius 1 is 0.235 bits per heavy atom. The summed E-state index contributed by atoms with van der Waals surface area (Å²) in [7, 11) is 0. The molecule has 119 heavy (non-hydrogen) atoms. The van der Waals surface area contributed by atoms with Gasteiger partial charge in [-0.2, -0.15) is 0 Å². The highest BCUT2D eigenvalue weighted by Crippen LogP contribution is 2.30. The Kier molecular flexibility index (Phi) is 70.3. The minimum absolute atomic E-state index is 0.593. The van der Waals surface area contributed by atoms with E-state index in [1.54, 1.807) is 27.8 Å². The maximum Gasteiger partial charge on any atom is 0.0654 e. The van der Waals surface area contributed by atoms with Crippen molar-refractivity contribution in [3.63, 3.8) is 0 Å². The molecule has 7 nitrogen and oxygen atoms in total. The Morgan fingerprint density at radius 3 is 0.866 bits per heavy atom. The van der Waals surface area contributed by atoms with Crippen LogP contribution >= 0.6 is 0 Å². The predicted octanol–water partition coefficient (Wildman–Crippen LogP) is 31.9. The van der Waals surface area contributed by atoms with E-state index in [0.29, 0.717) is 18.1 Å². The van der Waals surface area contributed by atoms with Gasteiger partial charge in [-0.05, 0) is 283 Å². The van der Waals surface area contributed by atoms with Gasteiger partial charge in [0.2, 0.25) is 0 Å². The molecule has 3 aliphatic heterocycles. The van der Waals surface area contributed by atoms with Gasteiger partial charge in [0.15, 0.2) is 0 Å². The summed E-state index contributed by atoms with van der Waals surface area (Å²) in [6, 6.07) is 45.1. The SMILES string of the molecule is CC(C)C.CC(C)C.CC(C)C.CC(C)C.CC(C)C.CC(C)C.CC(C)C.CC(C)C.CC(C)C.CC(C)C.CC(C)C1CCc2cccnc2C1.CC(C)N1CCc2ccccc2C1.CC(C)N1CCc2ncccc21.CC(C)N1CCc2ncccc2C1.c1ccc2c(c1)CCC2.c1ccc2c(c1)CCCC2.c1cnc2c(c1)CCC2. The number of aromatic nitrogens is 4. The van der Waals surface area contributed by atoms with Crippen LogP contribution in [0.4, 0.5) is 5.69 Å². The third-order valence-electron chi connectivity index (χ3n) is 17.3. The molecule has 678 valence electrons. The minimum Gasteiger partial charge on any atom is -0.367 e. The quantitative estimate of drug-likeness (QED) is 0.174. The highest BCUT2D eigenvalue weighted by atomic mass is 15.2. The Bertz CT molecular complexity index is 3060. The second-order valence-electron chi connectivity index (χ2n) is 41.3. The zero-order chi connectivity index (χ0) is 91.1. The molecule has 0 fully saturated rings. The van der Waals surface area contributed by atoms with Gasteiger partial charge in [-0.3, -0.25) is 29.7 Å². The minimum atomic E-state index is 0.593. The number of nitrogens with zero attached hydrogens (tertiary/aromatic N) is 7. The van der Waals surface area contributed by atoms with Crippen molar-refractivity contribution in [2.24, 2.45) is 71.0 Å². The van der Waals surface area contributed by atoms with E-state index < -0.39 is 0 Å². The number of anilines is 1. The van der Waals surface area contributed by atoms with Crippen LogP contribution < -0.4 is 4.90 Å². The molecule has 1 atom stereocenters. The summed E-state index contributed by atoms with van der Waals surface area (Å²) in [6.45, 7) is 88.8. The van der Waals surface area contributed by atoms with E-state index in [-0.39, 0.29) is 0 Å². The van der Waals surface area contributed by atoms with Gasteiger partial charge in [0, 0.05) is 106 Å². The van der Waals surface area contributed by atoms with Crippen molar-refractivity contribution in [3.8, 4) is 0 Å². The first kappa shape index (κ1) is 117. The van der Waals surface area contributed by atoms with Crippen LogP contribution in [0.5, 0.6) is 0 Å². The zero-order valence-corrected chi connectivity index (χ0v) is 85.5. The first-order chi connectivity index (χ1) is 55.8. The van der Waals surface area contributed by atoms with Gasteiger partial charge < -0.3 is 4.90 Å². The average molecular weight is 1640 g/mol. The Balaban J connectivity index is -0.00000123. The van der Waals surface area contributed by atoms with Crippen LogP contribution in [0, 0.1) is 71.0 Å². The maximum absolute atomic E-state index is 4.45. The summed E-state index contributed by atoms with van der Waals surface area (Å²) in [4.78, 5) is 24.9. The van der Waals surface area contributed by atoms with Crippen LogP contribution in [-0.4, -0.2) is 67.5 Å². The van der Waals surface area contributed by atoms with Gasteiger partial charge in [0.1, 0.15) is 0 Å². The van der Waals surface area contributed by atoms with E-state index >= 15 is 0 Å². The third-order valence-corrected chi connectivity index (χ3v) is 17.3. The van der Waals surface area contributed by atoms with Crippen molar-refractivity contribution in [2.45, 2.75) is 397 Å². The molecule has 4 aromatic heterocycles. The highest BCUT2D eigenvalue weighted by Gasteiger charge is 2.24. The van der Waals surface area contributed by atoms with Crippen LogP contribution in [0.2, 0.25) is 0 Å². The summed E-state index contributed by atoms with van der Waals surface area (Å²) in [5.41, 5.74) is 20.2. The van der Waals surface area contributed by atoms with Crippen molar-refractivity contribution < 1.29 is 0 Å². The van der Waals surface area contributed by atoms with Crippen LogP contribution in [0.15, 0.2) is 146 Å². The maximum atomic E-state index is 4.45. The van der Waals surface area contributed by atoms with Crippen molar-refractivity contribution in [1.82, 2.24) is 29.7 Å². The second-order valence-corrected chi connectivity index (χ2v) is 41.3. The van der Waals surface area contributed by atoms with Gasteiger partial charge in [0.25, 0.3) is 0 Å². The van der Waals surface area contributed by atoms with Crippen LogP contribution in [0.3, 0.4) is 0 Å². The molecule has 0 amide bonds. The van der Waals surface area contributed by atoms with Crippen molar-refractivity contribution >= 4 is 5.69 Å². The lowest BCUT2D eigenvalue weighted by atomic mass is 9.80. The van der Waals surface area contributed by atoms with E-state index in [1.165, 1.54) is 147 Å². The molecule has 7 aliphatic rings. The van der Waals surface area contributed by atoms with Gasteiger partial charge >= 0.3 is 0 Å². The molecule has 7 heteroatoms. The molecular formula is C112H195N7. The standard InChI is InChI=1S/2C12H17N.C11H16N2.C10H14N2.C10H12.C9H10.C8H9N.10C4H10/c1-9(2)11-6-5-10-4-3-7-13-12(10)8-11;1-10(2)13-8-7-11-5-3-4-6-12(11)9-13;1-9(2)13-7-5-11-10(8-13)4-3-6-12-11;1-8(2)12-7-5-9-10(12)4-3-6-11-9;1-2-6-10-8-4-3-7-9(10)5-1;1-2-5-9-7-3-6-8(9)4-1;1-3-7-4-2-6-9-8(7)5-1;10*1-4(2)3/h3-4,7,9,11H,5-6,8H2,1-2H3;3-6,10H,7-9H2,1-2H3;3-4,6,9H,5,7-8H2,1-2H3;3-4,6,8H,5,7H2,1-2H3;1-2,5-6H,3-4,7-8H2;1-2,4-5H,3,6-7H2;2,4,6H,1,3,5H2;10*4H,1-3H3. The van der Waals surface area contributed by atoms with Crippen molar-refractivity contribution in [3.05, 3.63) is 219 Å². The second kappa shape index (κ2) is 71.4. The van der Waals surface area contributed by atoms with Crippen molar-refractivity contribution in [1.29, 1.82) is 0 Å². The molecule has 1 unspecified atom stereocenters. The molecule has 3 aromatic carbocycles. The van der Waals surface area contributed by atoms with Crippen LogP contribution in [0.25, 0.3) is 0 Å². The zero-order valence-electron chi connectivity index (χ0n) is 85.5. The predicted molar refractivity (Wildman–Crippen MR) is 537 cm³/mol. The first-order valence-corrected chi connectivity index (χ1v) is 48.0. The Labute approximate surface area is 742 Å². The number of rotatable bonds is 4. The molecule has 0 radical (unpaired) electrons. The van der Waals surface area contributed by atoms with E-state index in [9.17, 15) is 0 Å². The molecule has 7 heterocycles. The largest absolute Gasteiger partial charge is 0.367 e. The smallest absolute Gasteiger partial charge is 0.0654 e. The fraction of sp³-hybridized carbons (Fsp3) is 0.661. The Hall–Kier alpha value is -6.02. The molecule has 0 spiro atoms. The average Bonchev–Trinajstić information content (AvgIpc) is 1.72. The van der Waals surface area contributed by atoms with Crippen molar-refractivity contribution in [2.75, 3.05) is 24.5 Å². The third kappa shape index (κ3) is 67.2. The topological polar surface area (TPSA) is 61.3 Å². The first-order valence-electron chi connectivity index (χ1n) is 48.0. The fourth-order valence-electron chi connectivity index (χ4n) is 12.3. The molecule has 4 aliphatic carbocycles. The molecule has 0 saturated carbocycles. The summed E-state index contributed by atoms with van der Waals surface area (Å²) >= 11 is 0. The molecule has 0 bridgehead atoms. The lowest BCUT2D eigenvalue weighted by Crippen LogP contribution is -2.36. The summed E-state index contributed by atoms with van der Waals surface area (Å²) in [5.74, 6) is 9.98. The van der Waals surface area contributed by atoms with Gasteiger partial charge in [0.05, 0.1) is 11.4 Å². The molecular weight excluding hydrogens is 1440 g/mol. The number of aryl methyl sites for hydroxylation is 7. The fourth-order valence-corrected chi connectivity index (χ4v) is 12.3. The van der Waals surface area contributed by atoms with Crippen LogP contribution in [0.1, 0.15) is 368 Å². The number of benzene rings is 3. The molecule has 7 aromatic rings. The van der Waals surface area contributed by atoms with E-state index in [4.69, 9.17) is 0 Å². The summed E-state index contributed by atoms with van der Waals surface area (Å²) in [6.07, 6.45) is 27.8. The van der Waals surface area contributed by atoms with Gasteiger partial charge in [-0.15, -0.1) is 0 Å². The summed E-state index contributed by atoms with van der Waals surface area (Å²) in [5, 5.41) is 0. The normalized spacial score (nSPS) is 14.5. The highest BCUT2D eigenvalue weighted by molar-refractivity contribution is 5.55. The number of hydrogen-bond acceptors (Lipinski definition) is 7. The monoisotopic (exact) mass is 1640 g/mol. The molecule has 0 saturated heterocycles.